The monoisotopic (exact) mass is 257 g/mol. The normalized spacial score (nSPS) is 12.0. The van der Waals surface area contributed by atoms with Gasteiger partial charge in [0.05, 0.1) is 6.54 Å². The molecule has 18 heavy (non-hydrogen) atoms. The van der Waals surface area contributed by atoms with Crippen LogP contribution in [0.2, 0.25) is 0 Å². The van der Waals surface area contributed by atoms with Crippen LogP contribution in [0.1, 0.15) is 18.6 Å². The van der Waals surface area contributed by atoms with Gasteiger partial charge in [0.2, 0.25) is 6.10 Å². The first-order chi connectivity index (χ1) is 8.50. The molecule has 0 spiro atoms. The zero-order chi connectivity index (χ0) is 13.5. The number of carbonyl (C=O) groups is 2. The van der Waals surface area contributed by atoms with Gasteiger partial charge in [-0.05, 0) is 0 Å². The van der Waals surface area contributed by atoms with E-state index in [-0.39, 0.29) is 0 Å². The van der Waals surface area contributed by atoms with Crippen LogP contribution in [-0.2, 0) is 14.3 Å². The molecule has 1 atom stereocenters. The zero-order valence-corrected chi connectivity index (χ0v) is 9.73. The van der Waals surface area contributed by atoms with Gasteiger partial charge in [0, 0.05) is 12.5 Å². The van der Waals surface area contributed by atoms with Crippen molar-refractivity contribution in [3.05, 3.63) is 35.9 Å². The van der Waals surface area contributed by atoms with Crippen molar-refractivity contribution in [3.8, 4) is 0 Å². The van der Waals surface area contributed by atoms with Gasteiger partial charge < -0.3 is 10.1 Å². The molecule has 0 bridgehead atoms. The predicted octanol–water partition coefficient (Wildman–Crippen LogP) is 1.67. The fourth-order valence-electron chi connectivity index (χ4n) is 1.34. The van der Waals surface area contributed by atoms with E-state index in [0.717, 1.165) is 6.92 Å². The quantitative estimate of drug-likeness (QED) is 0.816. The molecule has 4 nitrogen and oxygen atoms in total. The maximum Gasteiger partial charge on any atom is 0.303 e. The first kappa shape index (κ1) is 14.1. The Bertz CT molecular complexity index is 409. The van der Waals surface area contributed by atoms with Crippen LogP contribution >= 0.6 is 0 Å². The van der Waals surface area contributed by atoms with Crippen molar-refractivity contribution in [2.24, 2.45) is 0 Å². The average Bonchev–Trinajstić information content (AvgIpc) is 2.34. The SMILES string of the molecule is CC(=O)OC(C(=O)NCC(F)F)c1ccccc1. The Morgan fingerprint density at radius 1 is 1.28 bits per heavy atom. The molecule has 1 aromatic rings. The van der Waals surface area contributed by atoms with Crippen LogP contribution in [0, 0.1) is 0 Å². The Morgan fingerprint density at radius 3 is 2.39 bits per heavy atom. The summed E-state index contributed by atoms with van der Waals surface area (Å²) in [5, 5.41) is 2.02. The van der Waals surface area contributed by atoms with E-state index in [9.17, 15) is 18.4 Å². The summed E-state index contributed by atoms with van der Waals surface area (Å²) in [6.45, 7) is 0.375. The number of alkyl halides is 2. The molecule has 0 aliphatic rings. The lowest BCUT2D eigenvalue weighted by molar-refractivity contribution is -0.154. The van der Waals surface area contributed by atoms with Gasteiger partial charge in [-0.1, -0.05) is 30.3 Å². The van der Waals surface area contributed by atoms with Crippen molar-refractivity contribution < 1.29 is 23.1 Å². The standard InChI is InChI=1S/C12H13F2NO3/c1-8(16)18-11(9-5-3-2-4-6-9)12(17)15-7-10(13)14/h2-6,10-11H,7H2,1H3,(H,15,17). The Kier molecular flexibility index (Phi) is 5.23. The molecule has 0 aliphatic heterocycles. The number of hydrogen-bond donors (Lipinski definition) is 1. The molecular formula is C12H13F2NO3. The van der Waals surface area contributed by atoms with E-state index in [2.05, 4.69) is 0 Å². The van der Waals surface area contributed by atoms with E-state index in [4.69, 9.17) is 4.74 Å². The zero-order valence-electron chi connectivity index (χ0n) is 9.73. The number of halogens is 2. The Morgan fingerprint density at radius 2 is 1.89 bits per heavy atom. The molecule has 6 heteroatoms. The third kappa shape index (κ3) is 4.48. The average molecular weight is 257 g/mol. The number of benzene rings is 1. The van der Waals surface area contributed by atoms with E-state index >= 15 is 0 Å². The molecule has 0 heterocycles. The largest absolute Gasteiger partial charge is 0.447 e. The maximum atomic E-state index is 12.0. The number of ether oxygens (including phenoxy) is 1. The van der Waals surface area contributed by atoms with Crippen molar-refractivity contribution in [2.45, 2.75) is 19.5 Å². The minimum absolute atomic E-state index is 0.430. The molecule has 0 aromatic heterocycles. The molecule has 0 fully saturated rings. The van der Waals surface area contributed by atoms with Crippen LogP contribution in [0.3, 0.4) is 0 Å². The second-order valence-electron chi connectivity index (χ2n) is 3.54. The maximum absolute atomic E-state index is 12.0. The lowest BCUT2D eigenvalue weighted by Gasteiger charge is -2.16. The molecule has 0 radical (unpaired) electrons. The molecule has 0 saturated heterocycles. The topological polar surface area (TPSA) is 55.4 Å². The van der Waals surface area contributed by atoms with Crippen molar-refractivity contribution in [1.29, 1.82) is 0 Å². The summed E-state index contributed by atoms with van der Waals surface area (Å²) in [6.07, 6.45) is -3.86. The lowest BCUT2D eigenvalue weighted by Crippen LogP contribution is -2.34. The number of amides is 1. The Balaban J connectivity index is 2.78. The third-order valence-electron chi connectivity index (χ3n) is 2.05. The fraction of sp³-hybridized carbons (Fsp3) is 0.333. The van der Waals surface area contributed by atoms with Gasteiger partial charge in [0.25, 0.3) is 12.3 Å². The Labute approximate surface area is 103 Å². The molecule has 0 saturated carbocycles. The molecule has 1 N–H and O–H groups in total. The molecule has 98 valence electrons. The number of nitrogens with one attached hydrogen (secondary N) is 1. The first-order valence-corrected chi connectivity index (χ1v) is 5.28. The minimum Gasteiger partial charge on any atom is -0.447 e. The highest BCUT2D eigenvalue weighted by Gasteiger charge is 2.23. The second-order valence-corrected chi connectivity index (χ2v) is 3.54. The van der Waals surface area contributed by atoms with Gasteiger partial charge in [-0.3, -0.25) is 9.59 Å². The first-order valence-electron chi connectivity index (χ1n) is 5.28. The van der Waals surface area contributed by atoms with Crippen LogP contribution < -0.4 is 5.32 Å². The summed E-state index contributed by atoms with van der Waals surface area (Å²) in [5.74, 6) is -1.42. The summed E-state index contributed by atoms with van der Waals surface area (Å²) in [7, 11) is 0. The summed E-state index contributed by atoms with van der Waals surface area (Å²) in [6, 6.07) is 8.20. The number of esters is 1. The second kappa shape index (κ2) is 6.68. The minimum atomic E-state index is -2.65. The highest BCUT2D eigenvalue weighted by Crippen LogP contribution is 2.17. The summed E-state index contributed by atoms with van der Waals surface area (Å²) in [5.41, 5.74) is 0.430. The highest BCUT2D eigenvalue weighted by atomic mass is 19.3. The van der Waals surface area contributed by atoms with Gasteiger partial charge in [-0.15, -0.1) is 0 Å². The number of hydrogen-bond acceptors (Lipinski definition) is 3. The van der Waals surface area contributed by atoms with E-state index in [0.29, 0.717) is 5.56 Å². The van der Waals surface area contributed by atoms with Crippen molar-refractivity contribution in [2.75, 3.05) is 6.54 Å². The van der Waals surface area contributed by atoms with Crippen molar-refractivity contribution >= 4 is 11.9 Å². The highest BCUT2D eigenvalue weighted by molar-refractivity contribution is 5.84. The van der Waals surface area contributed by atoms with Crippen LogP contribution in [0.25, 0.3) is 0 Å². The van der Waals surface area contributed by atoms with Crippen LogP contribution in [0.15, 0.2) is 30.3 Å². The molecule has 1 unspecified atom stereocenters. The molecule has 0 aliphatic carbocycles. The van der Waals surface area contributed by atoms with Gasteiger partial charge in [0.1, 0.15) is 0 Å². The van der Waals surface area contributed by atoms with E-state index in [1.807, 2.05) is 5.32 Å². The van der Waals surface area contributed by atoms with Gasteiger partial charge in [0.15, 0.2) is 0 Å². The van der Waals surface area contributed by atoms with Gasteiger partial charge >= 0.3 is 5.97 Å². The van der Waals surface area contributed by atoms with Crippen molar-refractivity contribution in [1.82, 2.24) is 5.32 Å². The Hall–Kier alpha value is -1.98. The van der Waals surface area contributed by atoms with Gasteiger partial charge in [-0.2, -0.15) is 0 Å². The van der Waals surface area contributed by atoms with Crippen LogP contribution in [0.4, 0.5) is 8.78 Å². The van der Waals surface area contributed by atoms with Gasteiger partial charge in [-0.25, -0.2) is 8.78 Å². The number of carbonyl (C=O) groups excluding carboxylic acids is 2. The number of rotatable bonds is 5. The van der Waals surface area contributed by atoms with E-state index in [1.165, 1.54) is 0 Å². The molecular weight excluding hydrogens is 244 g/mol. The predicted molar refractivity (Wildman–Crippen MR) is 60.0 cm³/mol. The van der Waals surface area contributed by atoms with Crippen LogP contribution in [0.5, 0.6) is 0 Å². The third-order valence-corrected chi connectivity index (χ3v) is 2.05. The lowest BCUT2D eigenvalue weighted by atomic mass is 10.1. The summed E-state index contributed by atoms with van der Waals surface area (Å²) < 4.78 is 28.8. The molecule has 1 aromatic carbocycles. The smallest absolute Gasteiger partial charge is 0.303 e. The van der Waals surface area contributed by atoms with E-state index in [1.54, 1.807) is 30.3 Å². The molecule has 1 rings (SSSR count). The fourth-order valence-corrected chi connectivity index (χ4v) is 1.34. The summed E-state index contributed by atoms with van der Waals surface area (Å²) >= 11 is 0. The summed E-state index contributed by atoms with van der Waals surface area (Å²) in [4.78, 5) is 22.6. The molecule has 1 amide bonds. The van der Waals surface area contributed by atoms with Crippen molar-refractivity contribution in [3.63, 3.8) is 0 Å². The van der Waals surface area contributed by atoms with Crippen LogP contribution in [-0.4, -0.2) is 24.8 Å². The van der Waals surface area contributed by atoms with E-state index < -0.39 is 31.0 Å².